The van der Waals surface area contributed by atoms with E-state index in [1.165, 1.54) is 12.1 Å². The van der Waals surface area contributed by atoms with Gasteiger partial charge in [0.15, 0.2) is 0 Å². The maximum Gasteiger partial charge on any atom is 0.324 e. The van der Waals surface area contributed by atoms with E-state index >= 15 is 0 Å². The minimum absolute atomic E-state index is 0.0996. The Morgan fingerprint density at radius 2 is 1.71 bits per heavy atom. The molecule has 124 valence electrons. The van der Waals surface area contributed by atoms with Crippen molar-refractivity contribution in [2.75, 3.05) is 18.0 Å². The van der Waals surface area contributed by atoms with Crippen LogP contribution in [0.15, 0.2) is 48.5 Å². The minimum Gasteiger partial charge on any atom is -0.366 e. The van der Waals surface area contributed by atoms with Crippen LogP contribution in [0.2, 0.25) is 0 Å². The van der Waals surface area contributed by atoms with E-state index in [-0.39, 0.29) is 11.8 Å². The molecule has 1 saturated heterocycles. The highest BCUT2D eigenvalue weighted by Gasteiger charge is 2.26. The van der Waals surface area contributed by atoms with Gasteiger partial charge < -0.3 is 10.6 Å². The third-order valence-corrected chi connectivity index (χ3v) is 4.06. The number of carbonyl (C=O) groups excluding carboxylic acids is 2. The van der Waals surface area contributed by atoms with Crippen molar-refractivity contribution in [1.82, 2.24) is 4.90 Å². The van der Waals surface area contributed by atoms with Gasteiger partial charge in [0.1, 0.15) is 5.82 Å². The average molecular weight is 327 g/mol. The van der Waals surface area contributed by atoms with Crippen LogP contribution in [0.5, 0.6) is 0 Å². The summed E-state index contributed by atoms with van der Waals surface area (Å²) in [5.74, 6) is -0.788. The van der Waals surface area contributed by atoms with E-state index in [9.17, 15) is 14.0 Å². The van der Waals surface area contributed by atoms with E-state index in [0.29, 0.717) is 25.2 Å². The number of anilines is 1. The highest BCUT2D eigenvalue weighted by molar-refractivity contribution is 5.95. The van der Waals surface area contributed by atoms with E-state index in [0.717, 1.165) is 17.7 Å². The Kier molecular flexibility index (Phi) is 4.46. The lowest BCUT2D eigenvalue weighted by atomic mass is 10.1. The van der Waals surface area contributed by atoms with E-state index in [1.807, 2.05) is 0 Å². The van der Waals surface area contributed by atoms with Gasteiger partial charge in [0.05, 0.1) is 0 Å². The Morgan fingerprint density at radius 3 is 2.33 bits per heavy atom. The SMILES string of the molecule is NC(=O)c1ccc(N2CCCN(Cc3ccc(F)cc3)C2=O)cc1. The lowest BCUT2D eigenvalue weighted by molar-refractivity contribution is 0.100. The molecule has 24 heavy (non-hydrogen) atoms. The fourth-order valence-electron chi connectivity index (χ4n) is 2.78. The summed E-state index contributed by atoms with van der Waals surface area (Å²) in [5.41, 5.74) is 7.26. The molecule has 1 aliphatic rings. The molecular formula is C18H18FN3O2. The predicted molar refractivity (Wildman–Crippen MR) is 89.1 cm³/mol. The maximum atomic E-state index is 13.0. The van der Waals surface area contributed by atoms with Crippen molar-refractivity contribution in [3.05, 3.63) is 65.5 Å². The van der Waals surface area contributed by atoms with Crippen LogP contribution in [0, 0.1) is 5.82 Å². The van der Waals surface area contributed by atoms with Crippen LogP contribution < -0.4 is 10.6 Å². The van der Waals surface area contributed by atoms with Crippen LogP contribution in [0.3, 0.4) is 0 Å². The summed E-state index contributed by atoms with van der Waals surface area (Å²) in [5, 5.41) is 0. The highest BCUT2D eigenvalue weighted by atomic mass is 19.1. The normalized spacial score (nSPS) is 14.8. The second kappa shape index (κ2) is 6.70. The number of primary amides is 1. The number of amides is 3. The molecule has 1 aliphatic heterocycles. The van der Waals surface area contributed by atoms with Crippen molar-refractivity contribution in [1.29, 1.82) is 0 Å². The highest BCUT2D eigenvalue weighted by Crippen LogP contribution is 2.22. The van der Waals surface area contributed by atoms with Crippen LogP contribution in [-0.2, 0) is 6.54 Å². The molecule has 2 aromatic carbocycles. The molecule has 3 amide bonds. The average Bonchev–Trinajstić information content (AvgIpc) is 2.59. The summed E-state index contributed by atoms with van der Waals surface area (Å²) in [6.45, 7) is 1.72. The van der Waals surface area contributed by atoms with Crippen molar-refractivity contribution < 1.29 is 14.0 Å². The zero-order valence-corrected chi connectivity index (χ0v) is 13.1. The van der Waals surface area contributed by atoms with E-state index in [2.05, 4.69) is 0 Å². The molecule has 5 nitrogen and oxygen atoms in total. The van der Waals surface area contributed by atoms with Gasteiger partial charge in [-0.25, -0.2) is 9.18 Å². The first-order chi connectivity index (χ1) is 11.5. The minimum atomic E-state index is -0.496. The smallest absolute Gasteiger partial charge is 0.324 e. The van der Waals surface area contributed by atoms with E-state index < -0.39 is 5.91 Å². The zero-order valence-electron chi connectivity index (χ0n) is 13.1. The summed E-state index contributed by atoms with van der Waals surface area (Å²) in [4.78, 5) is 27.3. The van der Waals surface area contributed by atoms with Gasteiger partial charge in [-0.3, -0.25) is 9.69 Å². The number of nitrogens with two attached hydrogens (primary N) is 1. The third-order valence-electron chi connectivity index (χ3n) is 4.06. The largest absolute Gasteiger partial charge is 0.366 e. The molecule has 0 bridgehead atoms. The molecule has 2 aromatic rings. The van der Waals surface area contributed by atoms with Gasteiger partial charge in [0, 0.05) is 30.9 Å². The summed E-state index contributed by atoms with van der Waals surface area (Å²) in [6, 6.07) is 12.7. The Balaban J connectivity index is 1.74. The number of hydrogen-bond acceptors (Lipinski definition) is 2. The van der Waals surface area contributed by atoms with Crippen LogP contribution >= 0.6 is 0 Å². The number of halogens is 1. The molecule has 0 atom stereocenters. The fourth-order valence-corrected chi connectivity index (χ4v) is 2.78. The van der Waals surface area contributed by atoms with Gasteiger partial charge in [0.25, 0.3) is 0 Å². The van der Waals surface area contributed by atoms with Crippen molar-refractivity contribution in [2.45, 2.75) is 13.0 Å². The van der Waals surface area contributed by atoms with Crippen LogP contribution in [0.1, 0.15) is 22.3 Å². The molecule has 0 aromatic heterocycles. The second-order valence-electron chi connectivity index (χ2n) is 5.75. The Hall–Kier alpha value is -2.89. The number of carbonyl (C=O) groups is 2. The topological polar surface area (TPSA) is 66.6 Å². The van der Waals surface area contributed by atoms with Gasteiger partial charge >= 0.3 is 6.03 Å². The molecule has 1 fully saturated rings. The zero-order chi connectivity index (χ0) is 17.1. The van der Waals surface area contributed by atoms with Crippen molar-refractivity contribution >= 4 is 17.6 Å². The van der Waals surface area contributed by atoms with Crippen LogP contribution in [0.4, 0.5) is 14.9 Å². The molecular weight excluding hydrogens is 309 g/mol. The van der Waals surface area contributed by atoms with Gasteiger partial charge in [-0.15, -0.1) is 0 Å². The van der Waals surface area contributed by atoms with Gasteiger partial charge in [-0.1, -0.05) is 12.1 Å². The standard InChI is InChI=1S/C18H18FN3O2/c19-15-6-2-13(3-7-15)12-21-10-1-11-22(18(21)24)16-8-4-14(5-9-16)17(20)23/h2-9H,1,10-12H2,(H2,20,23). The Labute approximate surface area is 139 Å². The van der Waals surface area contributed by atoms with Crippen molar-refractivity contribution in [2.24, 2.45) is 5.73 Å². The van der Waals surface area contributed by atoms with Crippen LogP contribution in [0.25, 0.3) is 0 Å². The molecule has 0 unspecified atom stereocenters. The predicted octanol–water partition coefficient (Wildman–Crippen LogP) is 2.76. The Bertz CT molecular complexity index is 744. The monoisotopic (exact) mass is 327 g/mol. The molecule has 1 heterocycles. The number of benzene rings is 2. The quantitative estimate of drug-likeness (QED) is 0.938. The lowest BCUT2D eigenvalue weighted by Crippen LogP contribution is -2.49. The Morgan fingerprint density at radius 1 is 1.04 bits per heavy atom. The summed E-state index contributed by atoms with van der Waals surface area (Å²) >= 11 is 0. The van der Waals surface area contributed by atoms with Gasteiger partial charge in [-0.2, -0.15) is 0 Å². The van der Waals surface area contributed by atoms with Crippen molar-refractivity contribution in [3.8, 4) is 0 Å². The molecule has 0 aliphatic carbocycles. The summed E-state index contributed by atoms with van der Waals surface area (Å²) in [6.07, 6.45) is 0.838. The molecule has 2 N–H and O–H groups in total. The molecule has 6 heteroatoms. The van der Waals surface area contributed by atoms with Gasteiger partial charge in [-0.05, 0) is 48.4 Å². The number of hydrogen-bond donors (Lipinski definition) is 1. The molecule has 0 saturated carbocycles. The molecule has 0 spiro atoms. The first-order valence-corrected chi connectivity index (χ1v) is 7.75. The molecule has 0 radical (unpaired) electrons. The second-order valence-corrected chi connectivity index (χ2v) is 5.75. The van der Waals surface area contributed by atoms with E-state index in [1.54, 1.807) is 46.2 Å². The number of urea groups is 1. The fraction of sp³-hybridized carbons (Fsp3) is 0.222. The first kappa shape index (κ1) is 16.0. The third kappa shape index (κ3) is 3.37. The first-order valence-electron chi connectivity index (χ1n) is 7.75. The number of rotatable bonds is 4. The molecule has 3 rings (SSSR count). The van der Waals surface area contributed by atoms with Gasteiger partial charge in [0.2, 0.25) is 5.91 Å². The summed E-state index contributed by atoms with van der Waals surface area (Å²) in [7, 11) is 0. The summed E-state index contributed by atoms with van der Waals surface area (Å²) < 4.78 is 13.0. The maximum absolute atomic E-state index is 13.0. The lowest BCUT2D eigenvalue weighted by Gasteiger charge is -2.35. The van der Waals surface area contributed by atoms with Crippen LogP contribution in [-0.4, -0.2) is 29.9 Å². The number of nitrogens with zero attached hydrogens (tertiary/aromatic N) is 2. The van der Waals surface area contributed by atoms with Crippen molar-refractivity contribution in [3.63, 3.8) is 0 Å². The van der Waals surface area contributed by atoms with E-state index in [4.69, 9.17) is 5.73 Å².